The van der Waals surface area contributed by atoms with Crippen LogP contribution in [0.5, 0.6) is 0 Å². The Kier molecular flexibility index (Phi) is 4.77. The van der Waals surface area contributed by atoms with Crippen molar-refractivity contribution in [2.75, 3.05) is 11.9 Å². The van der Waals surface area contributed by atoms with Crippen molar-refractivity contribution in [1.29, 1.82) is 0 Å². The number of nitrogens with one attached hydrogen (secondary N) is 2. The van der Waals surface area contributed by atoms with Gasteiger partial charge in [-0.05, 0) is 38.1 Å². The zero-order valence-corrected chi connectivity index (χ0v) is 12.1. The summed E-state index contributed by atoms with van der Waals surface area (Å²) < 4.78 is 5.23. The second-order valence-electron chi connectivity index (χ2n) is 4.80. The first-order valence-electron chi connectivity index (χ1n) is 6.74. The summed E-state index contributed by atoms with van der Waals surface area (Å²) in [4.78, 5) is 23.2. The van der Waals surface area contributed by atoms with Gasteiger partial charge in [-0.1, -0.05) is 12.1 Å². The fraction of sp³-hybridized carbons (Fsp3) is 0.250. The summed E-state index contributed by atoms with van der Waals surface area (Å²) in [5.41, 5.74) is 1.35. The fourth-order valence-corrected chi connectivity index (χ4v) is 1.93. The number of anilines is 1. The van der Waals surface area contributed by atoms with Gasteiger partial charge < -0.3 is 15.1 Å². The molecule has 0 spiro atoms. The van der Waals surface area contributed by atoms with Crippen molar-refractivity contribution in [3.63, 3.8) is 0 Å². The molecule has 1 unspecified atom stereocenters. The first kappa shape index (κ1) is 14.8. The van der Waals surface area contributed by atoms with E-state index >= 15 is 0 Å². The minimum absolute atomic E-state index is 0.00505. The van der Waals surface area contributed by atoms with Gasteiger partial charge in [0.15, 0.2) is 5.78 Å². The number of amides is 1. The van der Waals surface area contributed by atoms with Crippen LogP contribution in [0.2, 0.25) is 0 Å². The molecule has 1 heterocycles. The van der Waals surface area contributed by atoms with Gasteiger partial charge in [0, 0.05) is 11.3 Å². The molecular weight excluding hydrogens is 268 g/mol. The van der Waals surface area contributed by atoms with Crippen molar-refractivity contribution in [2.45, 2.75) is 19.9 Å². The van der Waals surface area contributed by atoms with Crippen LogP contribution < -0.4 is 10.6 Å². The summed E-state index contributed by atoms with van der Waals surface area (Å²) in [6, 6.07) is 10.5. The summed E-state index contributed by atoms with van der Waals surface area (Å²) in [7, 11) is 0. The minimum Gasteiger partial charge on any atom is -0.467 e. The largest absolute Gasteiger partial charge is 0.467 e. The number of hydrogen-bond donors (Lipinski definition) is 2. The molecular formula is C16H18N2O3. The molecule has 1 atom stereocenters. The van der Waals surface area contributed by atoms with Crippen molar-refractivity contribution < 1.29 is 14.0 Å². The topological polar surface area (TPSA) is 71.3 Å². The first-order chi connectivity index (χ1) is 10.1. The third-order valence-electron chi connectivity index (χ3n) is 3.07. The van der Waals surface area contributed by atoms with E-state index in [9.17, 15) is 9.59 Å². The highest BCUT2D eigenvalue weighted by Gasteiger charge is 2.11. The standard InChI is InChI=1S/C16H18N2O3/c1-11(15-7-4-8-21-15)18-16(20)10-17-14-6-3-5-13(9-14)12(2)19/h3-9,11,17H,10H2,1-2H3,(H,18,20). The number of carbonyl (C=O) groups is 2. The normalized spacial score (nSPS) is 11.7. The first-order valence-corrected chi connectivity index (χ1v) is 6.74. The van der Waals surface area contributed by atoms with Gasteiger partial charge in [0.2, 0.25) is 5.91 Å². The molecule has 0 fully saturated rings. The molecule has 2 N–H and O–H groups in total. The summed E-state index contributed by atoms with van der Waals surface area (Å²) >= 11 is 0. The summed E-state index contributed by atoms with van der Waals surface area (Å²) in [6.07, 6.45) is 1.57. The average Bonchev–Trinajstić information content (AvgIpc) is 2.99. The lowest BCUT2D eigenvalue weighted by molar-refractivity contribution is -0.120. The predicted octanol–water partition coefficient (Wildman–Crippen LogP) is 2.77. The van der Waals surface area contributed by atoms with Crippen molar-refractivity contribution >= 4 is 17.4 Å². The van der Waals surface area contributed by atoms with Gasteiger partial charge in [-0.25, -0.2) is 0 Å². The maximum absolute atomic E-state index is 11.9. The Morgan fingerprint density at radius 3 is 2.71 bits per heavy atom. The van der Waals surface area contributed by atoms with Crippen LogP contribution in [0, 0.1) is 0 Å². The second kappa shape index (κ2) is 6.74. The molecule has 0 radical (unpaired) electrons. The van der Waals surface area contributed by atoms with Crippen LogP contribution in [0.4, 0.5) is 5.69 Å². The van der Waals surface area contributed by atoms with Gasteiger partial charge in [-0.15, -0.1) is 0 Å². The van der Waals surface area contributed by atoms with Gasteiger partial charge in [-0.2, -0.15) is 0 Å². The fourth-order valence-electron chi connectivity index (χ4n) is 1.93. The lowest BCUT2D eigenvalue weighted by Crippen LogP contribution is -2.31. The molecule has 2 aromatic rings. The maximum Gasteiger partial charge on any atom is 0.239 e. The van der Waals surface area contributed by atoms with E-state index in [0.29, 0.717) is 11.3 Å². The van der Waals surface area contributed by atoms with Crippen LogP contribution in [0.25, 0.3) is 0 Å². The van der Waals surface area contributed by atoms with E-state index in [4.69, 9.17) is 4.42 Å². The van der Waals surface area contributed by atoms with E-state index in [0.717, 1.165) is 5.69 Å². The zero-order chi connectivity index (χ0) is 15.2. The summed E-state index contributed by atoms with van der Waals surface area (Å²) in [5, 5.41) is 5.82. The summed E-state index contributed by atoms with van der Waals surface area (Å²) in [6.45, 7) is 3.50. The molecule has 1 amide bonds. The minimum atomic E-state index is -0.183. The maximum atomic E-state index is 11.9. The molecule has 5 heteroatoms. The van der Waals surface area contributed by atoms with Crippen molar-refractivity contribution in [3.05, 3.63) is 54.0 Å². The van der Waals surface area contributed by atoms with Gasteiger partial charge in [0.1, 0.15) is 5.76 Å². The molecule has 0 bridgehead atoms. The van der Waals surface area contributed by atoms with Gasteiger partial charge in [-0.3, -0.25) is 9.59 Å². The molecule has 5 nitrogen and oxygen atoms in total. The zero-order valence-electron chi connectivity index (χ0n) is 12.1. The van der Waals surface area contributed by atoms with Crippen LogP contribution in [-0.2, 0) is 4.79 Å². The third-order valence-corrected chi connectivity index (χ3v) is 3.07. The quantitative estimate of drug-likeness (QED) is 0.801. The van der Waals surface area contributed by atoms with E-state index in [1.165, 1.54) is 6.92 Å². The lowest BCUT2D eigenvalue weighted by Gasteiger charge is -2.12. The van der Waals surface area contributed by atoms with Gasteiger partial charge in [0.25, 0.3) is 0 Å². The van der Waals surface area contributed by atoms with Gasteiger partial charge >= 0.3 is 0 Å². The number of carbonyl (C=O) groups excluding carboxylic acids is 2. The monoisotopic (exact) mass is 286 g/mol. The summed E-state index contributed by atoms with van der Waals surface area (Å²) in [5.74, 6) is 0.559. The number of Topliss-reactive ketones (excluding diaryl/α,β-unsaturated/α-hetero) is 1. The Morgan fingerprint density at radius 2 is 2.05 bits per heavy atom. The van der Waals surface area contributed by atoms with E-state index in [2.05, 4.69) is 10.6 Å². The molecule has 0 aliphatic rings. The van der Waals surface area contributed by atoms with E-state index in [1.807, 2.05) is 19.1 Å². The Bertz CT molecular complexity index is 620. The molecule has 2 rings (SSSR count). The molecule has 21 heavy (non-hydrogen) atoms. The molecule has 1 aromatic heterocycles. The molecule has 0 aliphatic heterocycles. The number of benzene rings is 1. The number of furan rings is 1. The highest BCUT2D eigenvalue weighted by atomic mass is 16.3. The van der Waals surface area contributed by atoms with Crippen molar-refractivity contribution in [3.8, 4) is 0 Å². The lowest BCUT2D eigenvalue weighted by atomic mass is 10.1. The van der Waals surface area contributed by atoms with Crippen LogP contribution >= 0.6 is 0 Å². The highest BCUT2D eigenvalue weighted by Crippen LogP contribution is 2.13. The van der Waals surface area contributed by atoms with Crippen LogP contribution in [-0.4, -0.2) is 18.2 Å². The van der Waals surface area contributed by atoms with E-state index < -0.39 is 0 Å². The Balaban J connectivity index is 1.86. The Morgan fingerprint density at radius 1 is 1.24 bits per heavy atom. The van der Waals surface area contributed by atoms with Crippen LogP contribution in [0.3, 0.4) is 0 Å². The second-order valence-corrected chi connectivity index (χ2v) is 4.80. The Hall–Kier alpha value is -2.56. The smallest absolute Gasteiger partial charge is 0.239 e. The Labute approximate surface area is 123 Å². The SMILES string of the molecule is CC(=O)c1cccc(NCC(=O)NC(C)c2ccco2)c1. The third kappa shape index (κ3) is 4.21. The number of hydrogen-bond acceptors (Lipinski definition) is 4. The van der Waals surface area contributed by atoms with E-state index in [1.54, 1.807) is 30.5 Å². The molecule has 110 valence electrons. The van der Waals surface area contributed by atoms with Crippen LogP contribution in [0.15, 0.2) is 47.1 Å². The van der Waals surface area contributed by atoms with Crippen molar-refractivity contribution in [1.82, 2.24) is 5.32 Å². The average molecular weight is 286 g/mol. The number of ketones is 1. The highest BCUT2D eigenvalue weighted by molar-refractivity contribution is 5.95. The molecule has 0 saturated heterocycles. The number of rotatable bonds is 6. The van der Waals surface area contributed by atoms with Crippen LogP contribution in [0.1, 0.15) is 36.0 Å². The molecule has 0 saturated carbocycles. The van der Waals surface area contributed by atoms with Gasteiger partial charge in [0.05, 0.1) is 18.8 Å². The van der Waals surface area contributed by atoms with Crippen molar-refractivity contribution in [2.24, 2.45) is 0 Å². The molecule has 0 aliphatic carbocycles. The predicted molar refractivity (Wildman–Crippen MR) is 80.2 cm³/mol. The van der Waals surface area contributed by atoms with E-state index in [-0.39, 0.29) is 24.3 Å². The molecule has 1 aromatic carbocycles.